The molecule has 0 aromatic heterocycles. The average molecular weight is 1960 g/mol. The van der Waals surface area contributed by atoms with Crippen molar-refractivity contribution in [1.29, 1.82) is 0 Å². The summed E-state index contributed by atoms with van der Waals surface area (Å²) in [6.07, 6.45) is -11.2. The van der Waals surface area contributed by atoms with Gasteiger partial charge in [0.15, 0.2) is 23.9 Å². The number of carbonyl (C=O) groups excluding carboxylic acids is 9. The molecule has 7 fully saturated rings. The molecule has 7 aliphatic heterocycles. The lowest BCUT2D eigenvalue weighted by molar-refractivity contribution is -0.333. The Morgan fingerprint density at radius 1 is 0.679 bits per heavy atom. The summed E-state index contributed by atoms with van der Waals surface area (Å²) in [7, 11) is -2.68. The van der Waals surface area contributed by atoms with Gasteiger partial charge in [-0.05, 0) is 215 Å². The van der Waals surface area contributed by atoms with Crippen LogP contribution in [0.1, 0.15) is 182 Å². The van der Waals surface area contributed by atoms with Crippen LogP contribution in [0.25, 0.3) is 11.1 Å². The third-order valence-electron chi connectivity index (χ3n) is 26.8. The first-order valence-electron chi connectivity index (χ1n) is 46.1. The van der Waals surface area contributed by atoms with Crippen molar-refractivity contribution >= 4 is 86.5 Å². The molecular weight excluding hydrogens is 1850 g/mol. The number of unbranched alkanes of at least 4 members (excludes halogenated alkanes) is 2. The molecule has 7 heterocycles. The van der Waals surface area contributed by atoms with Crippen molar-refractivity contribution in [2.75, 3.05) is 33.4 Å². The summed E-state index contributed by atoms with van der Waals surface area (Å²) < 4.78 is 74.8. The number of nitrogens with two attached hydrogens (primary N) is 1. The topological polar surface area (TPSA) is 605 Å². The van der Waals surface area contributed by atoms with Gasteiger partial charge in [0.05, 0.1) is 58.4 Å². The second-order valence-corrected chi connectivity index (χ2v) is 40.1. The second-order valence-electron chi connectivity index (χ2n) is 37.5. The van der Waals surface area contributed by atoms with Crippen LogP contribution in [0.3, 0.4) is 0 Å². The van der Waals surface area contributed by atoms with E-state index < -0.39 is 265 Å². The van der Waals surface area contributed by atoms with E-state index in [-0.39, 0.29) is 88.2 Å². The van der Waals surface area contributed by atoms with E-state index in [0.717, 1.165) is 106 Å². The molecule has 18 atom stereocenters. The summed E-state index contributed by atoms with van der Waals surface area (Å²) in [5.74, 6) is -14.0. The summed E-state index contributed by atoms with van der Waals surface area (Å²) in [6.45, 7) is 7.20. The lowest BCUT2D eigenvalue weighted by Crippen LogP contribution is -2.64. The zero-order valence-corrected chi connectivity index (χ0v) is 78.3. The monoisotopic (exact) mass is 1960 g/mol. The maximum absolute atomic E-state index is 16.8. The zero-order chi connectivity index (χ0) is 98.1. The molecule has 740 valence electrons. The Balaban J connectivity index is 0.899. The fourth-order valence-corrected chi connectivity index (χ4v) is 21.1. The number of urea groups is 1. The smallest absolute Gasteiger partial charge is 0.321 e. The number of aromatic hydroxyl groups is 3. The third-order valence-corrected chi connectivity index (χ3v) is 28.9. The molecule has 5 saturated carbocycles. The van der Waals surface area contributed by atoms with Crippen LogP contribution < -0.4 is 87.9 Å². The van der Waals surface area contributed by atoms with E-state index in [1.807, 2.05) is 13.8 Å². The van der Waals surface area contributed by atoms with Gasteiger partial charge in [-0.3, -0.25) is 43.7 Å². The summed E-state index contributed by atoms with van der Waals surface area (Å²) in [4.78, 5) is 139. The summed E-state index contributed by atoms with van der Waals surface area (Å²) >= 11 is 14.6. The highest BCUT2D eigenvalue weighted by Gasteiger charge is 2.54. The molecule has 43 heteroatoms. The van der Waals surface area contributed by atoms with Crippen LogP contribution in [0.2, 0.25) is 10.0 Å². The third kappa shape index (κ3) is 22.7. The highest BCUT2D eigenvalue weighted by Crippen LogP contribution is 2.55. The molecule has 2 saturated heterocycles. The Morgan fingerprint density at radius 3 is 1.93 bits per heavy atom. The minimum absolute atomic E-state index is 0.0136. The first kappa shape index (κ1) is 101. The number of hydrogen-bond acceptors (Lipinski definition) is 30. The van der Waals surface area contributed by atoms with Crippen molar-refractivity contribution in [2.24, 2.45) is 35.3 Å². The van der Waals surface area contributed by atoms with Crippen LogP contribution in [0.5, 0.6) is 51.7 Å². The van der Waals surface area contributed by atoms with Crippen molar-refractivity contribution in [2.45, 2.75) is 251 Å². The van der Waals surface area contributed by atoms with Gasteiger partial charge in [0.25, 0.3) is 0 Å². The number of ether oxygens (including phenoxy) is 7. The number of aliphatic hydroxyl groups excluding tert-OH is 6. The van der Waals surface area contributed by atoms with Crippen LogP contribution in [-0.4, -0.2) is 232 Å². The molecule has 0 unspecified atom stereocenters. The van der Waals surface area contributed by atoms with Crippen LogP contribution in [0, 0.1) is 29.6 Å². The number of hydrogen-bond donors (Lipinski definition) is 22. The SMILES string of the molecule is CCCCCOc1ccc(S(=O)(=O)NCCNCc2c(O)cc3c(c2O)-c2cc(ccc2O)[C@H]2NC(=O)[C@@H]4NC(=O)[C@H](CC(=O)NC(=O)NC5CC5)NC(=O)[C@H](NC(=O)[C@@H](CC(C)C)NC)[C@H](O)c5ccc(c(Cl)c5)Oc5cc4cc(c5O[C@@H]4O[C@H](CO)[C@@H](O)[C@H](O)[C@H]4O[C@H]4C[C@](C)(N)[C@H](O)[C@H](C)O4)Oc4ccc(cc4Cl)[C@@H](O)[C@H](NC2=O)C(=O)N[C@@H]3C(=O)NC2C3CC4CC(C3)CC2C4)cc1. The number of aliphatic hydroxyl groups is 6. The minimum Gasteiger partial charge on any atom is -0.507 e. The molecule has 18 rings (SSSR count). The summed E-state index contributed by atoms with van der Waals surface area (Å²) in [5.41, 5.74) is 2.18. The lowest BCUT2D eigenvalue weighted by atomic mass is 9.54. The maximum Gasteiger partial charge on any atom is 0.321 e. The first-order valence-corrected chi connectivity index (χ1v) is 48.3. The molecule has 0 radical (unpaired) electrons. The van der Waals surface area contributed by atoms with E-state index in [1.165, 1.54) is 63.4 Å². The molecule has 5 aliphatic carbocycles. The molecule has 15 bridgehead atoms. The number of rotatable bonds is 27. The molecule has 0 spiro atoms. The number of imide groups is 1. The van der Waals surface area contributed by atoms with E-state index in [0.29, 0.717) is 37.0 Å². The van der Waals surface area contributed by atoms with Crippen molar-refractivity contribution in [3.05, 3.63) is 140 Å². The van der Waals surface area contributed by atoms with Crippen molar-refractivity contribution < 1.29 is 131 Å². The molecule has 23 N–H and O–H groups in total. The highest BCUT2D eigenvalue weighted by molar-refractivity contribution is 7.89. The Labute approximate surface area is 799 Å². The Hall–Kier alpha value is -10.8. The molecular formula is C94H117Cl2N13O27S. The molecule has 6 aromatic carbocycles. The van der Waals surface area contributed by atoms with E-state index >= 15 is 28.8 Å². The minimum atomic E-state index is -4.15. The molecule has 10 amide bonds. The van der Waals surface area contributed by atoms with Gasteiger partial charge in [-0.1, -0.05) is 75.0 Å². The Morgan fingerprint density at radius 2 is 1.31 bits per heavy atom. The van der Waals surface area contributed by atoms with Crippen molar-refractivity contribution in [3.63, 3.8) is 0 Å². The van der Waals surface area contributed by atoms with Crippen LogP contribution in [-0.2, 0) is 69.1 Å². The molecule has 12 aliphatic rings. The Kier molecular flexibility index (Phi) is 31.2. The van der Waals surface area contributed by atoms with Gasteiger partial charge in [-0.15, -0.1) is 0 Å². The van der Waals surface area contributed by atoms with Gasteiger partial charge in [0, 0.05) is 54.8 Å². The quantitative estimate of drug-likeness (QED) is 0.0323. The highest BCUT2D eigenvalue weighted by atomic mass is 35.5. The van der Waals surface area contributed by atoms with Gasteiger partial charge in [-0.25, -0.2) is 17.9 Å². The largest absolute Gasteiger partial charge is 0.507 e. The number of phenolic OH excluding ortho intramolecular Hbond substituents is 3. The van der Waals surface area contributed by atoms with E-state index in [2.05, 4.69) is 70.1 Å². The molecule has 40 nitrogen and oxygen atoms in total. The second kappa shape index (κ2) is 42.5. The van der Waals surface area contributed by atoms with Crippen LogP contribution in [0.15, 0.2) is 102 Å². The number of nitrogens with one attached hydrogen (secondary N) is 12. The van der Waals surface area contributed by atoms with E-state index in [9.17, 15) is 68.8 Å². The maximum atomic E-state index is 16.8. The van der Waals surface area contributed by atoms with Crippen molar-refractivity contribution in [3.8, 4) is 62.9 Å². The average Bonchev–Trinajstić information content (AvgIpc) is 1.35. The first-order chi connectivity index (χ1) is 65.2. The van der Waals surface area contributed by atoms with Gasteiger partial charge < -0.3 is 138 Å². The van der Waals surface area contributed by atoms with Gasteiger partial charge >= 0.3 is 6.03 Å². The lowest BCUT2D eigenvalue weighted by Gasteiger charge is -2.54. The molecule has 137 heavy (non-hydrogen) atoms. The fourth-order valence-electron chi connectivity index (χ4n) is 19.6. The van der Waals surface area contributed by atoms with Gasteiger partial charge in [-0.2, -0.15) is 0 Å². The fraction of sp³-hybridized carbons (Fsp3) is 0.521. The molecule has 6 aromatic rings. The van der Waals surface area contributed by atoms with E-state index in [1.54, 1.807) is 0 Å². The predicted octanol–water partition coefficient (Wildman–Crippen LogP) is 4.10. The van der Waals surface area contributed by atoms with Crippen LogP contribution in [0.4, 0.5) is 4.79 Å². The number of carbonyl (C=O) groups is 9. The Bertz CT molecular complexity index is 5640. The summed E-state index contributed by atoms with van der Waals surface area (Å²) in [5, 5.41) is 138. The van der Waals surface area contributed by atoms with E-state index in [4.69, 9.17) is 62.1 Å². The number of likely N-dealkylation sites (N-methyl/N-ethyl adjacent to an activating group) is 1. The number of halogens is 2. The van der Waals surface area contributed by atoms with Crippen molar-refractivity contribution in [1.82, 2.24) is 63.2 Å². The van der Waals surface area contributed by atoms with Gasteiger partial charge in [0.2, 0.25) is 69.3 Å². The number of phenols is 3. The number of benzene rings is 6. The number of amides is 10. The normalized spacial score (nSPS) is 29.4. The summed E-state index contributed by atoms with van der Waals surface area (Å²) in [6, 6.07) is 2.83. The van der Waals surface area contributed by atoms with Crippen LogP contribution >= 0.6 is 23.2 Å². The standard InChI is InChI=1S/C94H117Cl2N13O27S/c1-7-8-9-24-130-52-15-17-53(18-16-52)137(128,129)100-23-22-99-39-56-62(112)36-55-70(79(56)116)54-31-45(10-19-61(54)111)72-87(122)109-76(91(126)107-74(55)89(124)104-71-48-27-43-26-44(29-48)30-49(71)28-43)78(115)47-12-21-64(58(96)33-47)133-66-35-50-34-65(82(66)136-92-83(81(118)80(117)67(40-110)134-92)135-69-38-94(5,97)84(119)42(4)131-69)132-63-20-11-46(32-57(63)95)77(114)75(108-85(120)59(98-6)25-41(2)3)90(125)102-60(86(121)105-73(50)88(123)106-72)37-68(113)103-93(127)101-51-13-14-51/h10-12,15-21,31-36,41-44,48-49,51,59-60,67,69,71-78,80-81,83-84,92,98-100,110-112,114-119H,7-9,13-14,22-30,37-40,97H2,1-6H3,(H,102,125)(H,104,124)(H,105,121)(H,106,123)(H,107,126)(H,108,120)(H,109,122)(H2,101,103,113,127)/t42-,43?,44?,48?,49?,59+,60-,67+,69-,71?,72+,73+,74-,75+,76-,77+,78+,80+,81-,83+,84+,92-,94-/m0/s1. The zero-order valence-electron chi connectivity index (χ0n) is 75.9. The number of fused-ring (bicyclic) bond motifs is 15. The number of sulfonamides is 1. The van der Waals surface area contributed by atoms with Gasteiger partial charge in [0.1, 0.15) is 101 Å². The predicted molar refractivity (Wildman–Crippen MR) is 489 cm³/mol.